The molecule has 124 valence electrons. The minimum absolute atomic E-state index is 1.04. The van der Waals surface area contributed by atoms with E-state index in [0.717, 1.165) is 24.5 Å². The molecule has 2 rings (SSSR count). The molecule has 0 heterocycles. The van der Waals surface area contributed by atoms with Crippen LogP contribution in [0, 0.1) is 0 Å². The van der Waals surface area contributed by atoms with Crippen molar-refractivity contribution >= 4 is 22.7 Å². The number of hydrogen-bond donors (Lipinski definition) is 3. The Kier molecular flexibility index (Phi) is 7.31. The van der Waals surface area contributed by atoms with Gasteiger partial charge in [0.05, 0.1) is 0 Å². The average molecular weight is 311 g/mol. The lowest BCUT2D eigenvalue weighted by Gasteiger charge is -2.10. The van der Waals surface area contributed by atoms with Gasteiger partial charge in [0.15, 0.2) is 0 Å². The third-order valence-electron chi connectivity index (χ3n) is 3.78. The first-order valence-corrected chi connectivity index (χ1v) is 8.76. The van der Waals surface area contributed by atoms with Crippen molar-refractivity contribution in [3.63, 3.8) is 0 Å². The van der Waals surface area contributed by atoms with Crippen LogP contribution in [0.3, 0.4) is 0 Å². The molecule has 0 amide bonds. The van der Waals surface area contributed by atoms with Gasteiger partial charge in [0.1, 0.15) is 0 Å². The maximum absolute atomic E-state index is 3.44. The van der Waals surface area contributed by atoms with Crippen molar-refractivity contribution in [2.45, 2.75) is 39.5 Å². The highest BCUT2D eigenvalue weighted by atomic mass is 14.9. The summed E-state index contributed by atoms with van der Waals surface area (Å²) in [6.45, 7) is 6.49. The normalized spacial score (nSPS) is 10.3. The maximum atomic E-state index is 3.44. The number of benzene rings is 2. The van der Waals surface area contributed by atoms with Gasteiger partial charge in [-0.05, 0) is 61.4 Å². The molecule has 0 bridgehead atoms. The highest BCUT2D eigenvalue weighted by Crippen LogP contribution is 2.20. The molecule has 2 aromatic carbocycles. The number of nitrogens with one attached hydrogen (secondary N) is 3. The lowest BCUT2D eigenvalue weighted by Crippen LogP contribution is -2.01. The van der Waals surface area contributed by atoms with Gasteiger partial charge in [0.25, 0.3) is 0 Å². The number of anilines is 4. The summed E-state index contributed by atoms with van der Waals surface area (Å²) < 4.78 is 0. The van der Waals surface area contributed by atoms with E-state index in [1.54, 1.807) is 0 Å². The van der Waals surface area contributed by atoms with Gasteiger partial charge in [-0.2, -0.15) is 0 Å². The van der Waals surface area contributed by atoms with E-state index in [9.17, 15) is 0 Å². The minimum atomic E-state index is 1.04. The van der Waals surface area contributed by atoms with Gasteiger partial charge < -0.3 is 16.0 Å². The lowest BCUT2D eigenvalue weighted by atomic mass is 10.2. The molecule has 0 saturated carbocycles. The maximum Gasteiger partial charge on any atom is 0.0385 e. The number of unbranched alkanes of at least 4 members (excludes halogenated alkanes) is 2. The Balaban J connectivity index is 1.84. The van der Waals surface area contributed by atoms with Crippen LogP contribution in [0.2, 0.25) is 0 Å². The summed E-state index contributed by atoms with van der Waals surface area (Å²) in [5, 5.41) is 10.3. The zero-order chi connectivity index (χ0) is 16.3. The lowest BCUT2D eigenvalue weighted by molar-refractivity contribution is 0.834. The molecule has 0 aromatic heterocycles. The van der Waals surface area contributed by atoms with Gasteiger partial charge in [-0.1, -0.05) is 26.7 Å². The predicted molar refractivity (Wildman–Crippen MR) is 103 cm³/mol. The van der Waals surface area contributed by atoms with E-state index in [0.29, 0.717) is 0 Å². The summed E-state index contributed by atoms with van der Waals surface area (Å²) in [6, 6.07) is 16.9. The monoisotopic (exact) mass is 311 g/mol. The summed E-state index contributed by atoms with van der Waals surface area (Å²) in [4.78, 5) is 0. The van der Waals surface area contributed by atoms with Crippen LogP contribution in [0.25, 0.3) is 0 Å². The standard InChI is InChI=1S/C20H29N3/c1-3-5-15-21-17-7-11-19(12-8-17)23-20-13-9-18(10-14-20)22-16-6-4-2/h7-14,21-23H,3-6,15-16H2,1-2H3. The molecule has 23 heavy (non-hydrogen) atoms. The van der Waals surface area contributed by atoms with Crippen LogP contribution in [0.5, 0.6) is 0 Å². The Morgan fingerprint density at radius 3 is 1.26 bits per heavy atom. The van der Waals surface area contributed by atoms with E-state index >= 15 is 0 Å². The van der Waals surface area contributed by atoms with Crippen LogP contribution in [-0.2, 0) is 0 Å². The molecule has 3 heteroatoms. The van der Waals surface area contributed by atoms with Gasteiger partial charge in [0.2, 0.25) is 0 Å². The molecule has 0 atom stereocenters. The third-order valence-corrected chi connectivity index (χ3v) is 3.78. The molecule has 0 aliphatic carbocycles. The molecule has 2 aromatic rings. The van der Waals surface area contributed by atoms with Crippen molar-refractivity contribution in [3.05, 3.63) is 48.5 Å². The number of hydrogen-bond acceptors (Lipinski definition) is 3. The van der Waals surface area contributed by atoms with Crippen LogP contribution in [0.1, 0.15) is 39.5 Å². The Morgan fingerprint density at radius 1 is 0.565 bits per heavy atom. The topological polar surface area (TPSA) is 36.1 Å². The van der Waals surface area contributed by atoms with Gasteiger partial charge in [-0.15, -0.1) is 0 Å². The molecule has 0 unspecified atom stereocenters. The fourth-order valence-electron chi connectivity index (χ4n) is 2.33. The summed E-state index contributed by atoms with van der Waals surface area (Å²) in [7, 11) is 0. The van der Waals surface area contributed by atoms with Gasteiger partial charge in [0, 0.05) is 35.8 Å². The van der Waals surface area contributed by atoms with Gasteiger partial charge in [-0.3, -0.25) is 0 Å². The van der Waals surface area contributed by atoms with E-state index < -0.39 is 0 Å². The molecule has 0 aliphatic heterocycles. The van der Waals surface area contributed by atoms with Crippen molar-refractivity contribution in [3.8, 4) is 0 Å². The fraction of sp³-hybridized carbons (Fsp3) is 0.400. The molecule has 3 N–H and O–H groups in total. The largest absolute Gasteiger partial charge is 0.385 e. The predicted octanol–water partition coefficient (Wildman–Crippen LogP) is 5.85. The number of rotatable bonds is 10. The van der Waals surface area contributed by atoms with Gasteiger partial charge in [-0.25, -0.2) is 0 Å². The van der Waals surface area contributed by atoms with Crippen LogP contribution in [-0.4, -0.2) is 13.1 Å². The average Bonchev–Trinajstić information content (AvgIpc) is 2.58. The molecule has 0 saturated heterocycles. The molecular weight excluding hydrogens is 282 g/mol. The third kappa shape index (κ3) is 6.23. The zero-order valence-corrected chi connectivity index (χ0v) is 14.4. The van der Waals surface area contributed by atoms with Crippen LogP contribution >= 0.6 is 0 Å². The second-order valence-electron chi connectivity index (χ2n) is 5.84. The highest BCUT2D eigenvalue weighted by Gasteiger charge is 1.97. The van der Waals surface area contributed by atoms with Crippen molar-refractivity contribution < 1.29 is 0 Å². The van der Waals surface area contributed by atoms with Crippen LogP contribution in [0.4, 0.5) is 22.7 Å². The zero-order valence-electron chi connectivity index (χ0n) is 14.4. The quantitative estimate of drug-likeness (QED) is 0.481. The SMILES string of the molecule is CCCCNc1ccc(Nc2ccc(NCCCC)cc2)cc1. The van der Waals surface area contributed by atoms with Crippen LogP contribution in [0.15, 0.2) is 48.5 Å². The van der Waals surface area contributed by atoms with Crippen molar-refractivity contribution in [1.29, 1.82) is 0 Å². The molecular formula is C20H29N3. The van der Waals surface area contributed by atoms with Gasteiger partial charge >= 0.3 is 0 Å². The van der Waals surface area contributed by atoms with E-state index in [1.807, 2.05) is 0 Å². The van der Waals surface area contributed by atoms with Crippen molar-refractivity contribution in [2.24, 2.45) is 0 Å². The van der Waals surface area contributed by atoms with E-state index in [1.165, 1.54) is 37.1 Å². The Bertz CT molecular complexity index is 495. The van der Waals surface area contributed by atoms with Crippen molar-refractivity contribution in [2.75, 3.05) is 29.0 Å². The fourth-order valence-corrected chi connectivity index (χ4v) is 2.33. The summed E-state index contributed by atoms with van der Waals surface area (Å²) in [5.74, 6) is 0. The first-order valence-electron chi connectivity index (χ1n) is 8.76. The summed E-state index contributed by atoms with van der Waals surface area (Å²) in [6.07, 6.45) is 4.85. The Hall–Kier alpha value is -2.16. The molecule has 3 nitrogen and oxygen atoms in total. The second kappa shape index (κ2) is 9.78. The van der Waals surface area contributed by atoms with Crippen molar-refractivity contribution in [1.82, 2.24) is 0 Å². The molecule has 0 radical (unpaired) electrons. The molecule has 0 spiro atoms. The van der Waals surface area contributed by atoms with E-state index in [4.69, 9.17) is 0 Å². The first kappa shape index (κ1) is 17.2. The van der Waals surface area contributed by atoms with Crippen LogP contribution < -0.4 is 16.0 Å². The summed E-state index contributed by atoms with van der Waals surface area (Å²) >= 11 is 0. The Labute approximate surface area is 140 Å². The van der Waals surface area contributed by atoms with E-state index in [2.05, 4.69) is 78.3 Å². The molecule has 0 fully saturated rings. The second-order valence-corrected chi connectivity index (χ2v) is 5.84. The highest BCUT2D eigenvalue weighted by molar-refractivity contribution is 5.64. The van der Waals surface area contributed by atoms with E-state index in [-0.39, 0.29) is 0 Å². The Morgan fingerprint density at radius 2 is 0.913 bits per heavy atom. The minimum Gasteiger partial charge on any atom is -0.385 e. The summed E-state index contributed by atoms with van der Waals surface area (Å²) in [5.41, 5.74) is 4.58. The smallest absolute Gasteiger partial charge is 0.0385 e. The molecule has 0 aliphatic rings. The first-order chi connectivity index (χ1) is 11.3.